The molecule has 7 nitrogen and oxygen atoms in total. The van der Waals surface area contributed by atoms with E-state index in [0.29, 0.717) is 11.5 Å². The minimum absolute atomic E-state index is 0.0605. The van der Waals surface area contributed by atoms with Gasteiger partial charge in [0, 0.05) is 18.0 Å². The first-order chi connectivity index (χ1) is 15.1. The number of benzene rings is 2. The fourth-order valence-electron chi connectivity index (χ4n) is 3.37. The smallest absolute Gasteiger partial charge is 0.259 e. The van der Waals surface area contributed by atoms with E-state index in [0.717, 1.165) is 27.7 Å². The SMILES string of the molecule is Cc1ccc(NC(=O)c2ccc(-n3cnc4ccc(-c5cn[nH]c5)cc43)cc2F)nc1. The summed E-state index contributed by atoms with van der Waals surface area (Å²) in [4.78, 5) is 21.0. The van der Waals surface area contributed by atoms with E-state index in [-0.39, 0.29) is 5.56 Å². The zero-order valence-electron chi connectivity index (χ0n) is 16.5. The van der Waals surface area contributed by atoms with E-state index < -0.39 is 11.7 Å². The monoisotopic (exact) mass is 412 g/mol. The van der Waals surface area contributed by atoms with Gasteiger partial charge >= 0.3 is 0 Å². The summed E-state index contributed by atoms with van der Waals surface area (Å²) in [7, 11) is 0. The van der Waals surface area contributed by atoms with Crippen LogP contribution in [0.1, 0.15) is 15.9 Å². The molecule has 0 bridgehead atoms. The van der Waals surface area contributed by atoms with Crippen LogP contribution in [0, 0.1) is 12.7 Å². The topological polar surface area (TPSA) is 88.5 Å². The molecule has 0 spiro atoms. The van der Waals surface area contributed by atoms with E-state index in [4.69, 9.17) is 0 Å². The first kappa shape index (κ1) is 18.7. The van der Waals surface area contributed by atoms with Crippen molar-refractivity contribution in [1.29, 1.82) is 0 Å². The Balaban J connectivity index is 1.47. The van der Waals surface area contributed by atoms with Crippen LogP contribution in [0.5, 0.6) is 0 Å². The van der Waals surface area contributed by atoms with E-state index in [1.54, 1.807) is 41.6 Å². The zero-order valence-corrected chi connectivity index (χ0v) is 16.5. The van der Waals surface area contributed by atoms with Crippen LogP contribution in [0.15, 0.2) is 73.4 Å². The molecule has 5 rings (SSSR count). The summed E-state index contributed by atoms with van der Waals surface area (Å²) in [6.07, 6.45) is 6.81. The summed E-state index contributed by atoms with van der Waals surface area (Å²) in [5, 5.41) is 9.39. The Morgan fingerprint density at radius 2 is 1.94 bits per heavy atom. The number of hydrogen-bond donors (Lipinski definition) is 2. The van der Waals surface area contributed by atoms with Gasteiger partial charge in [0.05, 0.1) is 28.5 Å². The van der Waals surface area contributed by atoms with Crippen LogP contribution >= 0.6 is 0 Å². The first-order valence-electron chi connectivity index (χ1n) is 9.59. The molecule has 0 aliphatic heterocycles. The highest BCUT2D eigenvalue weighted by Gasteiger charge is 2.15. The Bertz CT molecular complexity index is 1390. The Morgan fingerprint density at radius 3 is 2.68 bits per heavy atom. The normalized spacial score (nSPS) is 11.0. The Kier molecular flexibility index (Phi) is 4.51. The van der Waals surface area contributed by atoms with Gasteiger partial charge in [0.15, 0.2) is 0 Å². The van der Waals surface area contributed by atoms with Crippen LogP contribution in [-0.4, -0.2) is 30.6 Å². The zero-order chi connectivity index (χ0) is 21.4. The molecule has 0 aliphatic carbocycles. The van der Waals surface area contributed by atoms with Gasteiger partial charge in [0.1, 0.15) is 18.0 Å². The third-order valence-electron chi connectivity index (χ3n) is 5.01. The lowest BCUT2D eigenvalue weighted by Crippen LogP contribution is -2.15. The first-order valence-corrected chi connectivity index (χ1v) is 9.59. The minimum Gasteiger partial charge on any atom is -0.306 e. The fourth-order valence-corrected chi connectivity index (χ4v) is 3.37. The third kappa shape index (κ3) is 3.55. The molecule has 2 N–H and O–H groups in total. The van der Waals surface area contributed by atoms with Gasteiger partial charge in [-0.3, -0.25) is 14.5 Å². The summed E-state index contributed by atoms with van der Waals surface area (Å²) in [6.45, 7) is 1.90. The second-order valence-electron chi connectivity index (χ2n) is 7.14. The second-order valence-corrected chi connectivity index (χ2v) is 7.14. The van der Waals surface area contributed by atoms with Crippen molar-refractivity contribution >= 4 is 22.8 Å². The van der Waals surface area contributed by atoms with Crippen LogP contribution in [0.4, 0.5) is 10.2 Å². The van der Waals surface area contributed by atoms with Crippen molar-refractivity contribution in [1.82, 2.24) is 24.7 Å². The van der Waals surface area contributed by atoms with Crippen LogP contribution < -0.4 is 5.32 Å². The van der Waals surface area contributed by atoms with Crippen molar-refractivity contribution in [3.63, 3.8) is 0 Å². The molecular formula is C23H17FN6O. The number of anilines is 1. The highest BCUT2D eigenvalue weighted by atomic mass is 19.1. The fraction of sp³-hybridized carbons (Fsp3) is 0.0435. The van der Waals surface area contributed by atoms with Gasteiger partial charge in [-0.1, -0.05) is 12.1 Å². The molecule has 31 heavy (non-hydrogen) atoms. The molecule has 0 aliphatic rings. The summed E-state index contributed by atoms with van der Waals surface area (Å²) in [5.74, 6) is -0.820. The highest BCUT2D eigenvalue weighted by Crippen LogP contribution is 2.26. The molecule has 1 amide bonds. The molecule has 0 saturated carbocycles. The van der Waals surface area contributed by atoms with Crippen molar-refractivity contribution in [2.45, 2.75) is 6.92 Å². The Labute approximate surface area is 176 Å². The summed E-state index contributed by atoms with van der Waals surface area (Å²) < 4.78 is 16.6. The standard InChI is InChI=1S/C23H17FN6O/c1-14-2-7-22(25-10-14)29-23(31)18-5-4-17(9-19(18)24)30-13-26-20-6-3-15(8-21(20)30)16-11-27-28-12-16/h2-13H,1H3,(H,27,28)(H,25,29,31). The molecule has 3 heterocycles. The maximum absolute atomic E-state index is 14.8. The van der Waals surface area contributed by atoms with Crippen molar-refractivity contribution in [3.8, 4) is 16.8 Å². The Hall–Kier alpha value is -4.33. The van der Waals surface area contributed by atoms with Gasteiger partial charge in [-0.2, -0.15) is 5.10 Å². The largest absolute Gasteiger partial charge is 0.306 e. The number of pyridine rings is 1. The van der Waals surface area contributed by atoms with Crippen molar-refractivity contribution in [3.05, 3.63) is 90.4 Å². The molecule has 0 radical (unpaired) electrons. The lowest BCUT2D eigenvalue weighted by atomic mass is 10.1. The number of halogens is 1. The number of aromatic amines is 1. The van der Waals surface area contributed by atoms with Crippen molar-refractivity contribution in [2.24, 2.45) is 0 Å². The van der Waals surface area contributed by atoms with Gasteiger partial charge in [0.2, 0.25) is 0 Å². The number of aryl methyl sites for hydroxylation is 1. The predicted octanol–water partition coefficient (Wildman–Crippen LogP) is 4.51. The second kappa shape index (κ2) is 7.49. The van der Waals surface area contributed by atoms with Gasteiger partial charge < -0.3 is 5.32 Å². The highest BCUT2D eigenvalue weighted by molar-refractivity contribution is 6.04. The van der Waals surface area contributed by atoms with E-state index in [1.807, 2.05) is 31.2 Å². The molecule has 3 aromatic heterocycles. The maximum Gasteiger partial charge on any atom is 0.259 e. The van der Waals surface area contributed by atoms with E-state index >= 15 is 0 Å². The number of carbonyl (C=O) groups excluding carboxylic acids is 1. The summed E-state index contributed by atoms with van der Waals surface area (Å²) >= 11 is 0. The number of hydrogen-bond acceptors (Lipinski definition) is 4. The van der Waals surface area contributed by atoms with Crippen LogP contribution in [0.25, 0.3) is 27.8 Å². The summed E-state index contributed by atoms with van der Waals surface area (Å²) in [6, 6.07) is 13.8. The van der Waals surface area contributed by atoms with Gasteiger partial charge in [0.25, 0.3) is 5.91 Å². The number of nitrogens with zero attached hydrogens (tertiary/aromatic N) is 4. The van der Waals surface area contributed by atoms with E-state index in [1.165, 1.54) is 12.1 Å². The number of rotatable bonds is 4. The number of H-pyrrole nitrogens is 1. The number of nitrogens with one attached hydrogen (secondary N) is 2. The minimum atomic E-state index is -0.630. The van der Waals surface area contributed by atoms with Crippen LogP contribution in [0.3, 0.4) is 0 Å². The lowest BCUT2D eigenvalue weighted by Gasteiger charge is -2.09. The molecule has 0 fully saturated rings. The Morgan fingerprint density at radius 1 is 1.03 bits per heavy atom. The van der Waals surface area contributed by atoms with Gasteiger partial charge in [-0.15, -0.1) is 0 Å². The number of carbonyl (C=O) groups is 1. The lowest BCUT2D eigenvalue weighted by molar-refractivity contribution is 0.102. The maximum atomic E-state index is 14.8. The van der Waals surface area contributed by atoms with E-state index in [9.17, 15) is 9.18 Å². The number of imidazole rings is 1. The van der Waals surface area contributed by atoms with Crippen LogP contribution in [-0.2, 0) is 0 Å². The third-order valence-corrected chi connectivity index (χ3v) is 5.01. The number of aromatic nitrogens is 5. The quantitative estimate of drug-likeness (QED) is 0.455. The number of amides is 1. The van der Waals surface area contributed by atoms with Gasteiger partial charge in [-0.05, 0) is 54.4 Å². The molecule has 0 unspecified atom stereocenters. The average molecular weight is 412 g/mol. The van der Waals surface area contributed by atoms with Crippen molar-refractivity contribution < 1.29 is 9.18 Å². The van der Waals surface area contributed by atoms with Gasteiger partial charge in [-0.25, -0.2) is 14.4 Å². The van der Waals surface area contributed by atoms with Crippen LogP contribution in [0.2, 0.25) is 0 Å². The van der Waals surface area contributed by atoms with Crippen molar-refractivity contribution in [2.75, 3.05) is 5.32 Å². The average Bonchev–Trinajstić information content (AvgIpc) is 3.45. The predicted molar refractivity (Wildman–Crippen MR) is 116 cm³/mol. The molecule has 2 aromatic carbocycles. The molecule has 0 saturated heterocycles. The molecule has 5 aromatic rings. The molecule has 0 atom stereocenters. The molecule has 152 valence electrons. The molecular weight excluding hydrogens is 395 g/mol. The summed E-state index contributed by atoms with van der Waals surface area (Å²) in [5.41, 5.74) is 4.97. The van der Waals surface area contributed by atoms with E-state index in [2.05, 4.69) is 25.5 Å². The molecule has 8 heteroatoms. The number of fused-ring (bicyclic) bond motifs is 1.